The van der Waals surface area contributed by atoms with Gasteiger partial charge in [-0.05, 0) is 54.8 Å². The standard InChI is InChI=1S/C28H31N5O/c1-20-6-2-5-9-26(20)32-14-16-33(17-15-32)27-11-10-21(18-24(27)29)28(34)30-13-12-22-19-31-25-8-4-3-7-23(22)25/h2-11,18-19,31H,12-17,29H2,1H3,(H,30,34). The van der Waals surface area contributed by atoms with E-state index in [-0.39, 0.29) is 5.91 Å². The molecule has 0 aliphatic carbocycles. The topological polar surface area (TPSA) is 77.4 Å². The first kappa shape index (κ1) is 21.9. The number of H-pyrrole nitrogens is 1. The SMILES string of the molecule is Cc1ccccc1N1CCN(c2ccc(C(=O)NCCc3c[nH]c4ccccc34)cc2N)CC1. The zero-order chi connectivity index (χ0) is 23.5. The minimum Gasteiger partial charge on any atom is -0.397 e. The molecule has 6 heteroatoms. The smallest absolute Gasteiger partial charge is 0.251 e. The Morgan fingerprint density at radius 1 is 0.941 bits per heavy atom. The molecule has 0 unspecified atom stereocenters. The van der Waals surface area contributed by atoms with Crippen molar-refractivity contribution in [2.45, 2.75) is 13.3 Å². The van der Waals surface area contributed by atoms with Gasteiger partial charge in [-0.2, -0.15) is 0 Å². The molecular weight excluding hydrogens is 422 g/mol. The largest absolute Gasteiger partial charge is 0.397 e. The molecular formula is C28H31N5O. The molecule has 1 amide bonds. The summed E-state index contributed by atoms with van der Waals surface area (Å²) in [6.07, 6.45) is 2.79. The lowest BCUT2D eigenvalue weighted by atomic mass is 10.1. The molecule has 174 valence electrons. The van der Waals surface area contributed by atoms with Gasteiger partial charge in [0, 0.05) is 61.1 Å². The number of anilines is 3. The number of nitrogens with two attached hydrogens (primary N) is 1. The van der Waals surface area contributed by atoms with Crippen LogP contribution in [-0.2, 0) is 6.42 Å². The Morgan fingerprint density at radius 3 is 2.41 bits per heavy atom. The van der Waals surface area contributed by atoms with E-state index >= 15 is 0 Å². The number of nitrogen functional groups attached to an aromatic ring is 1. The number of aromatic nitrogens is 1. The summed E-state index contributed by atoms with van der Waals surface area (Å²) in [6, 6.07) is 22.4. The summed E-state index contributed by atoms with van der Waals surface area (Å²) in [5.74, 6) is -0.0949. The van der Waals surface area contributed by atoms with Crippen molar-refractivity contribution in [3.05, 3.63) is 89.6 Å². The van der Waals surface area contributed by atoms with E-state index in [9.17, 15) is 4.79 Å². The summed E-state index contributed by atoms with van der Waals surface area (Å²) in [4.78, 5) is 20.7. The van der Waals surface area contributed by atoms with Crippen molar-refractivity contribution < 1.29 is 4.79 Å². The Kier molecular flexibility index (Phi) is 6.12. The summed E-state index contributed by atoms with van der Waals surface area (Å²) in [5, 5.41) is 4.23. The van der Waals surface area contributed by atoms with Gasteiger partial charge < -0.3 is 25.8 Å². The number of aromatic amines is 1. The van der Waals surface area contributed by atoms with Gasteiger partial charge in [0.15, 0.2) is 0 Å². The number of para-hydroxylation sites is 2. The van der Waals surface area contributed by atoms with Crippen molar-refractivity contribution in [2.24, 2.45) is 0 Å². The van der Waals surface area contributed by atoms with Crippen LogP contribution in [0.15, 0.2) is 72.9 Å². The van der Waals surface area contributed by atoms with Gasteiger partial charge >= 0.3 is 0 Å². The third kappa shape index (κ3) is 4.44. The molecule has 1 fully saturated rings. The highest BCUT2D eigenvalue weighted by atomic mass is 16.1. The zero-order valence-electron chi connectivity index (χ0n) is 19.6. The van der Waals surface area contributed by atoms with E-state index in [0.29, 0.717) is 17.8 Å². The van der Waals surface area contributed by atoms with Gasteiger partial charge in [-0.1, -0.05) is 36.4 Å². The molecule has 0 bridgehead atoms. The van der Waals surface area contributed by atoms with Gasteiger partial charge in [0.2, 0.25) is 0 Å². The second-order valence-electron chi connectivity index (χ2n) is 8.90. The van der Waals surface area contributed by atoms with Gasteiger partial charge in [-0.15, -0.1) is 0 Å². The van der Waals surface area contributed by atoms with E-state index < -0.39 is 0 Å². The van der Waals surface area contributed by atoms with Gasteiger partial charge in [0.25, 0.3) is 5.91 Å². The first-order chi connectivity index (χ1) is 16.6. The summed E-state index contributed by atoms with van der Waals surface area (Å²) in [7, 11) is 0. The van der Waals surface area contributed by atoms with E-state index in [1.807, 2.05) is 30.5 Å². The maximum atomic E-state index is 12.7. The third-order valence-electron chi connectivity index (χ3n) is 6.72. The van der Waals surface area contributed by atoms with Crippen LogP contribution < -0.4 is 20.9 Å². The van der Waals surface area contributed by atoms with Crippen LogP contribution in [0, 0.1) is 6.92 Å². The van der Waals surface area contributed by atoms with Crippen LogP contribution in [0.25, 0.3) is 10.9 Å². The second-order valence-corrected chi connectivity index (χ2v) is 8.90. The lowest BCUT2D eigenvalue weighted by Crippen LogP contribution is -2.47. The predicted octanol–water partition coefficient (Wildman–Crippen LogP) is 4.36. The summed E-state index contributed by atoms with van der Waals surface area (Å²) in [5.41, 5.74) is 13.6. The van der Waals surface area contributed by atoms with E-state index in [4.69, 9.17) is 5.73 Å². The number of nitrogens with one attached hydrogen (secondary N) is 2. The highest BCUT2D eigenvalue weighted by Crippen LogP contribution is 2.28. The molecule has 3 aromatic carbocycles. The first-order valence-electron chi connectivity index (χ1n) is 11.9. The average molecular weight is 454 g/mol. The molecule has 0 radical (unpaired) electrons. The number of hydrogen-bond donors (Lipinski definition) is 3. The number of amides is 1. The quantitative estimate of drug-likeness (QED) is 0.379. The van der Waals surface area contributed by atoms with Crippen molar-refractivity contribution in [2.75, 3.05) is 48.3 Å². The fourth-order valence-corrected chi connectivity index (χ4v) is 4.84. The molecule has 0 spiro atoms. The van der Waals surface area contributed by atoms with E-state index in [2.05, 4.69) is 63.4 Å². The molecule has 4 aromatic rings. The molecule has 1 aliphatic heterocycles. The molecule has 4 N–H and O–H groups in total. The Bertz CT molecular complexity index is 1300. The molecule has 0 atom stereocenters. The van der Waals surface area contributed by atoms with Gasteiger partial charge in [-0.3, -0.25) is 4.79 Å². The molecule has 6 nitrogen and oxygen atoms in total. The van der Waals surface area contributed by atoms with Gasteiger partial charge in [0.05, 0.1) is 11.4 Å². The first-order valence-corrected chi connectivity index (χ1v) is 11.9. The van der Waals surface area contributed by atoms with Crippen LogP contribution in [0.4, 0.5) is 17.1 Å². The van der Waals surface area contributed by atoms with E-state index in [0.717, 1.165) is 43.8 Å². The fourth-order valence-electron chi connectivity index (χ4n) is 4.84. The number of hydrogen-bond acceptors (Lipinski definition) is 4. The number of rotatable bonds is 6. The number of carbonyl (C=O) groups is 1. The Hall–Kier alpha value is -3.93. The second kappa shape index (κ2) is 9.51. The Morgan fingerprint density at radius 2 is 1.65 bits per heavy atom. The average Bonchev–Trinajstić information content (AvgIpc) is 3.27. The van der Waals surface area contributed by atoms with Crippen LogP contribution in [0.5, 0.6) is 0 Å². The Balaban J connectivity index is 1.17. The molecule has 5 rings (SSSR count). The number of carbonyl (C=O) groups excluding carboxylic acids is 1. The van der Waals surface area contributed by atoms with Crippen LogP contribution >= 0.6 is 0 Å². The number of benzene rings is 3. The van der Waals surface area contributed by atoms with Crippen LogP contribution in [0.2, 0.25) is 0 Å². The monoisotopic (exact) mass is 453 g/mol. The zero-order valence-corrected chi connectivity index (χ0v) is 19.6. The minimum atomic E-state index is -0.0949. The number of aryl methyl sites for hydroxylation is 1. The molecule has 34 heavy (non-hydrogen) atoms. The summed E-state index contributed by atoms with van der Waals surface area (Å²) >= 11 is 0. The van der Waals surface area contributed by atoms with Gasteiger partial charge in [0.1, 0.15) is 0 Å². The minimum absolute atomic E-state index is 0.0949. The normalized spacial score (nSPS) is 13.9. The fraction of sp³-hybridized carbons (Fsp3) is 0.250. The van der Waals surface area contributed by atoms with Crippen molar-refractivity contribution in [3.63, 3.8) is 0 Å². The maximum absolute atomic E-state index is 12.7. The van der Waals surface area contributed by atoms with E-state index in [1.165, 1.54) is 22.2 Å². The molecule has 1 aliphatic rings. The van der Waals surface area contributed by atoms with Crippen molar-refractivity contribution in [1.82, 2.24) is 10.3 Å². The van der Waals surface area contributed by atoms with Crippen molar-refractivity contribution in [3.8, 4) is 0 Å². The van der Waals surface area contributed by atoms with E-state index in [1.54, 1.807) is 6.07 Å². The number of piperazine rings is 1. The highest BCUT2D eigenvalue weighted by Gasteiger charge is 2.20. The molecule has 1 aromatic heterocycles. The summed E-state index contributed by atoms with van der Waals surface area (Å²) < 4.78 is 0. The van der Waals surface area contributed by atoms with Gasteiger partial charge in [-0.25, -0.2) is 0 Å². The molecule has 2 heterocycles. The lowest BCUT2D eigenvalue weighted by Gasteiger charge is -2.38. The Labute approximate surface area is 200 Å². The number of fused-ring (bicyclic) bond motifs is 1. The van der Waals surface area contributed by atoms with Crippen molar-refractivity contribution in [1.29, 1.82) is 0 Å². The predicted molar refractivity (Wildman–Crippen MR) is 141 cm³/mol. The third-order valence-corrected chi connectivity index (χ3v) is 6.72. The molecule has 1 saturated heterocycles. The van der Waals surface area contributed by atoms with Crippen molar-refractivity contribution >= 4 is 33.9 Å². The van der Waals surface area contributed by atoms with Crippen LogP contribution in [0.1, 0.15) is 21.5 Å². The summed E-state index contributed by atoms with van der Waals surface area (Å²) in [6.45, 7) is 6.41. The van der Waals surface area contributed by atoms with Crippen LogP contribution in [0.3, 0.4) is 0 Å². The number of nitrogens with zero attached hydrogens (tertiary/aromatic N) is 2. The van der Waals surface area contributed by atoms with Crippen LogP contribution in [-0.4, -0.2) is 43.6 Å². The maximum Gasteiger partial charge on any atom is 0.251 e. The lowest BCUT2D eigenvalue weighted by molar-refractivity contribution is 0.0954. The highest BCUT2D eigenvalue weighted by molar-refractivity contribution is 5.96. The molecule has 0 saturated carbocycles.